The number of benzene rings is 1. The third kappa shape index (κ3) is 3.33. The molecule has 0 heterocycles. The Bertz CT molecular complexity index is 863. The lowest BCUT2D eigenvalue weighted by atomic mass is 9.55. The minimum absolute atomic E-state index is 0.143. The van der Waals surface area contributed by atoms with E-state index in [-0.39, 0.29) is 22.2 Å². The molecular formula is C28H39ClN2O. The number of nitrogens with two attached hydrogens (primary N) is 1. The molecule has 0 aliphatic heterocycles. The van der Waals surface area contributed by atoms with Crippen LogP contribution in [-0.4, -0.2) is 24.5 Å². The molecule has 5 aliphatic carbocycles. The fourth-order valence-electron chi connectivity index (χ4n) is 8.77. The maximum Gasteiger partial charge on any atom is 0.251 e. The molecule has 32 heavy (non-hydrogen) atoms. The molecule has 0 radical (unpaired) electrons. The van der Waals surface area contributed by atoms with Crippen LogP contribution in [0.4, 0.5) is 0 Å². The zero-order chi connectivity index (χ0) is 22.4. The molecule has 174 valence electrons. The standard InChI is InChI=1S/C28H39ClN2O/c1-2-27(12-13-29)23-14-26(22-6-4-3-5-7-22)16-24(27)28(15-23,19-26)25(32)31-18-21-10-8-20(17-30)9-11-21/h3-7,18,20-21,23-24H,2,8-17,19,30H2,1H3/t20?,21?,23-,24?,26?,27?,28?/m1/s1. The molecule has 4 unspecified atom stereocenters. The van der Waals surface area contributed by atoms with E-state index in [0.717, 1.165) is 51.5 Å². The molecule has 1 amide bonds. The molecule has 2 N–H and O–H groups in total. The van der Waals surface area contributed by atoms with E-state index < -0.39 is 0 Å². The molecule has 5 saturated carbocycles. The molecule has 0 spiro atoms. The van der Waals surface area contributed by atoms with E-state index >= 15 is 0 Å². The van der Waals surface area contributed by atoms with Crippen LogP contribution in [0, 0.1) is 34.5 Å². The summed E-state index contributed by atoms with van der Waals surface area (Å²) in [5, 5.41) is 0. The first-order valence-corrected chi connectivity index (χ1v) is 13.5. The molecular weight excluding hydrogens is 416 g/mol. The molecule has 0 saturated heterocycles. The van der Waals surface area contributed by atoms with Gasteiger partial charge in [0.15, 0.2) is 0 Å². The number of aliphatic imine (C=N–C) groups is 1. The van der Waals surface area contributed by atoms with Gasteiger partial charge in [-0.15, -0.1) is 11.6 Å². The largest absolute Gasteiger partial charge is 0.330 e. The van der Waals surface area contributed by atoms with Gasteiger partial charge in [0.1, 0.15) is 0 Å². The summed E-state index contributed by atoms with van der Waals surface area (Å²) < 4.78 is 0. The van der Waals surface area contributed by atoms with Crippen molar-refractivity contribution in [1.29, 1.82) is 0 Å². The van der Waals surface area contributed by atoms with E-state index in [1.165, 1.54) is 24.8 Å². The number of hydrogen-bond donors (Lipinski definition) is 1. The predicted molar refractivity (Wildman–Crippen MR) is 132 cm³/mol. The number of carbonyl (C=O) groups excluding carboxylic acids is 1. The summed E-state index contributed by atoms with van der Waals surface area (Å²) in [7, 11) is 0. The van der Waals surface area contributed by atoms with Crippen molar-refractivity contribution in [3.63, 3.8) is 0 Å². The molecule has 1 aromatic rings. The lowest BCUT2D eigenvalue weighted by Crippen LogP contribution is -2.42. The van der Waals surface area contributed by atoms with Crippen molar-refractivity contribution in [2.75, 3.05) is 12.4 Å². The van der Waals surface area contributed by atoms with Crippen molar-refractivity contribution in [1.82, 2.24) is 0 Å². The lowest BCUT2D eigenvalue weighted by Gasteiger charge is -2.49. The topological polar surface area (TPSA) is 55.5 Å². The third-order valence-corrected chi connectivity index (χ3v) is 10.5. The van der Waals surface area contributed by atoms with Crippen molar-refractivity contribution >= 4 is 23.7 Å². The van der Waals surface area contributed by atoms with Gasteiger partial charge in [-0.1, -0.05) is 37.3 Å². The Morgan fingerprint density at radius 3 is 2.56 bits per heavy atom. The normalized spacial score (nSPS) is 42.7. The quantitative estimate of drug-likeness (QED) is 0.397. The second kappa shape index (κ2) is 8.55. The summed E-state index contributed by atoms with van der Waals surface area (Å²) >= 11 is 6.36. The van der Waals surface area contributed by atoms with Gasteiger partial charge in [0.2, 0.25) is 0 Å². The van der Waals surface area contributed by atoms with E-state index in [1.807, 2.05) is 6.21 Å². The Kier molecular flexibility index (Phi) is 6.03. The summed E-state index contributed by atoms with van der Waals surface area (Å²) in [6, 6.07) is 11.0. The maximum absolute atomic E-state index is 13.9. The Morgan fingerprint density at radius 2 is 1.91 bits per heavy atom. The second-order valence-corrected chi connectivity index (χ2v) is 11.8. The van der Waals surface area contributed by atoms with E-state index in [0.29, 0.717) is 29.6 Å². The van der Waals surface area contributed by atoms with Crippen molar-refractivity contribution in [2.45, 2.75) is 76.5 Å². The highest BCUT2D eigenvalue weighted by Gasteiger charge is 2.74. The molecule has 5 atom stereocenters. The van der Waals surface area contributed by atoms with E-state index in [2.05, 4.69) is 37.3 Å². The third-order valence-electron chi connectivity index (χ3n) is 10.3. The molecule has 3 nitrogen and oxygen atoms in total. The smallest absolute Gasteiger partial charge is 0.251 e. The molecule has 6 rings (SSSR count). The number of hydrogen-bond acceptors (Lipinski definition) is 2. The van der Waals surface area contributed by atoms with Gasteiger partial charge in [-0.3, -0.25) is 4.79 Å². The fourth-order valence-corrected chi connectivity index (χ4v) is 9.12. The summed E-state index contributed by atoms with van der Waals surface area (Å²) in [4.78, 5) is 18.6. The molecule has 5 fully saturated rings. The van der Waals surface area contributed by atoms with Crippen molar-refractivity contribution in [3.8, 4) is 0 Å². The first-order valence-electron chi connectivity index (χ1n) is 12.9. The second-order valence-electron chi connectivity index (χ2n) is 11.5. The van der Waals surface area contributed by atoms with Crippen molar-refractivity contribution in [2.24, 2.45) is 45.2 Å². The highest BCUT2D eigenvalue weighted by atomic mass is 35.5. The maximum atomic E-state index is 13.9. The molecule has 0 aromatic heterocycles. The number of nitrogens with zero attached hydrogens (tertiary/aromatic N) is 1. The van der Waals surface area contributed by atoms with Crippen LogP contribution in [0.2, 0.25) is 0 Å². The van der Waals surface area contributed by atoms with Crippen molar-refractivity contribution in [3.05, 3.63) is 35.9 Å². The first-order chi connectivity index (χ1) is 15.5. The number of alkyl halides is 1. The average Bonchev–Trinajstić information content (AvgIpc) is 3.20. The minimum Gasteiger partial charge on any atom is -0.330 e. The van der Waals surface area contributed by atoms with E-state index in [1.54, 1.807) is 0 Å². The summed E-state index contributed by atoms with van der Waals surface area (Å²) in [5.74, 6) is 2.96. The monoisotopic (exact) mass is 454 g/mol. The Labute approximate surface area is 198 Å². The van der Waals surface area contributed by atoms with Gasteiger partial charge >= 0.3 is 0 Å². The number of amides is 1. The van der Waals surface area contributed by atoms with Crippen LogP contribution >= 0.6 is 11.6 Å². The van der Waals surface area contributed by atoms with Crippen molar-refractivity contribution < 1.29 is 4.79 Å². The van der Waals surface area contributed by atoms with Crippen LogP contribution in [0.25, 0.3) is 0 Å². The van der Waals surface area contributed by atoms with Crippen LogP contribution in [0.3, 0.4) is 0 Å². The molecule has 1 aromatic carbocycles. The fraction of sp³-hybridized carbons (Fsp3) is 0.714. The van der Waals surface area contributed by atoms with Crippen LogP contribution in [0.1, 0.15) is 76.7 Å². The highest BCUT2D eigenvalue weighted by Crippen LogP contribution is 2.78. The van der Waals surface area contributed by atoms with Gasteiger partial charge in [0.05, 0.1) is 5.41 Å². The zero-order valence-electron chi connectivity index (χ0n) is 19.6. The van der Waals surface area contributed by atoms with Gasteiger partial charge < -0.3 is 5.73 Å². The highest BCUT2D eigenvalue weighted by molar-refractivity contribution is 6.17. The average molecular weight is 455 g/mol. The first kappa shape index (κ1) is 22.6. The van der Waals surface area contributed by atoms with Gasteiger partial charge in [-0.25, -0.2) is 4.99 Å². The minimum atomic E-state index is -0.286. The van der Waals surface area contributed by atoms with E-state index in [4.69, 9.17) is 22.3 Å². The summed E-state index contributed by atoms with van der Waals surface area (Å²) in [6.45, 7) is 3.11. The zero-order valence-corrected chi connectivity index (χ0v) is 20.3. The molecule has 4 bridgehead atoms. The number of halogens is 1. The van der Waals surface area contributed by atoms with Gasteiger partial charge in [-0.05, 0) is 111 Å². The van der Waals surface area contributed by atoms with Crippen LogP contribution in [0.15, 0.2) is 35.3 Å². The number of rotatable bonds is 7. The molecule has 4 heteroatoms. The van der Waals surface area contributed by atoms with E-state index in [9.17, 15) is 4.79 Å². The Morgan fingerprint density at radius 1 is 1.16 bits per heavy atom. The van der Waals surface area contributed by atoms with Gasteiger partial charge in [-0.2, -0.15) is 0 Å². The lowest BCUT2D eigenvalue weighted by molar-refractivity contribution is -0.129. The van der Waals surface area contributed by atoms with Crippen LogP contribution in [-0.2, 0) is 10.2 Å². The predicted octanol–water partition coefficient (Wildman–Crippen LogP) is 6.13. The van der Waals surface area contributed by atoms with Gasteiger partial charge in [0, 0.05) is 12.1 Å². The Balaban J connectivity index is 1.44. The van der Waals surface area contributed by atoms with Crippen LogP contribution in [0.5, 0.6) is 0 Å². The Hall–Kier alpha value is -1.19. The summed E-state index contributed by atoms with van der Waals surface area (Å²) in [6.07, 6.45) is 13.1. The SMILES string of the molecule is CCC1(CCCl)C2CC3(c4ccccc4)C[C@@H]1CC2(C(=O)N=CC1CCC(CN)CC1)C3. The summed E-state index contributed by atoms with van der Waals surface area (Å²) in [5.41, 5.74) is 7.36. The molecule has 5 aliphatic rings. The van der Waals surface area contributed by atoms with Gasteiger partial charge in [0.25, 0.3) is 5.91 Å². The van der Waals surface area contributed by atoms with Crippen LogP contribution < -0.4 is 5.73 Å². The number of carbonyl (C=O) groups is 1.